The minimum atomic E-state index is 0.625. The second kappa shape index (κ2) is 2.15. The van der Waals surface area contributed by atoms with Crippen LogP contribution in [0, 0.1) is 16.4 Å². The van der Waals surface area contributed by atoms with Crippen LogP contribution in [0.2, 0.25) is 0 Å². The highest BCUT2D eigenvalue weighted by Gasteiger charge is 1.79. The van der Waals surface area contributed by atoms with E-state index in [0.717, 1.165) is 0 Å². The summed E-state index contributed by atoms with van der Waals surface area (Å²) in [6.45, 7) is 0. The Morgan fingerprint density at radius 1 is 2.00 bits per heavy atom. The molecule has 4 heteroatoms. The quantitative estimate of drug-likeness (QED) is 0.196. The predicted octanol–water partition coefficient (Wildman–Crippen LogP) is 0.0807. The SMILES string of the molecule is CN(C#N)N=O. The van der Waals surface area contributed by atoms with Crippen molar-refractivity contribution in [1.82, 2.24) is 5.01 Å². The van der Waals surface area contributed by atoms with E-state index < -0.39 is 0 Å². The van der Waals surface area contributed by atoms with Crippen molar-refractivity contribution in [2.45, 2.75) is 0 Å². The van der Waals surface area contributed by atoms with Crippen molar-refractivity contribution in [1.29, 1.82) is 5.26 Å². The smallest absolute Gasteiger partial charge is 0.171 e. The van der Waals surface area contributed by atoms with Gasteiger partial charge in [-0.3, -0.25) is 0 Å². The normalized spacial score (nSPS) is 6.00. The van der Waals surface area contributed by atoms with Gasteiger partial charge in [0.15, 0.2) is 0 Å². The van der Waals surface area contributed by atoms with Crippen LogP contribution >= 0.6 is 0 Å². The summed E-state index contributed by atoms with van der Waals surface area (Å²) in [4.78, 5) is 9.19. The molecule has 0 unspecified atom stereocenters. The zero-order chi connectivity index (χ0) is 4.99. The van der Waals surface area contributed by atoms with Crippen LogP contribution in [-0.4, -0.2) is 12.1 Å². The molecule has 32 valence electrons. The monoisotopic (exact) mass is 85.0 g/mol. The minimum absolute atomic E-state index is 0.625. The molecule has 0 heterocycles. The van der Waals surface area contributed by atoms with Crippen LogP contribution in [0.15, 0.2) is 5.29 Å². The molecule has 0 bridgehead atoms. The van der Waals surface area contributed by atoms with E-state index in [1.54, 1.807) is 0 Å². The van der Waals surface area contributed by atoms with Gasteiger partial charge in [-0.05, 0) is 0 Å². The lowest BCUT2D eigenvalue weighted by Crippen LogP contribution is -1.97. The molecule has 0 aromatic heterocycles. The summed E-state index contributed by atoms with van der Waals surface area (Å²) in [5.74, 6) is 0. The summed E-state index contributed by atoms with van der Waals surface area (Å²) in [7, 11) is 1.27. The summed E-state index contributed by atoms with van der Waals surface area (Å²) in [5.41, 5.74) is 0. The van der Waals surface area contributed by atoms with Crippen LogP contribution in [0.5, 0.6) is 0 Å². The molecule has 0 N–H and O–H groups in total. The van der Waals surface area contributed by atoms with Crippen molar-refractivity contribution in [2.75, 3.05) is 7.05 Å². The van der Waals surface area contributed by atoms with Gasteiger partial charge in [0.1, 0.15) is 0 Å². The van der Waals surface area contributed by atoms with Crippen molar-refractivity contribution in [3.63, 3.8) is 0 Å². The molecule has 0 rings (SSSR count). The maximum Gasteiger partial charge on any atom is 0.204 e. The Morgan fingerprint density at radius 3 is 2.50 bits per heavy atom. The Labute approximate surface area is 34.9 Å². The second-order valence-electron chi connectivity index (χ2n) is 0.705. The molecule has 0 saturated carbocycles. The number of hydrogen-bond acceptors (Lipinski definition) is 3. The molecular formula is C2H3N3O. The third-order valence-electron chi connectivity index (χ3n) is 0.267. The molecule has 0 aliphatic carbocycles. The van der Waals surface area contributed by atoms with Gasteiger partial charge in [0.25, 0.3) is 0 Å². The number of nitrogens with zero attached hydrogens (tertiary/aromatic N) is 3. The largest absolute Gasteiger partial charge is 0.204 e. The third-order valence-corrected chi connectivity index (χ3v) is 0.267. The van der Waals surface area contributed by atoms with E-state index in [9.17, 15) is 4.91 Å². The number of rotatable bonds is 1. The van der Waals surface area contributed by atoms with Crippen molar-refractivity contribution in [2.24, 2.45) is 5.29 Å². The molecule has 0 radical (unpaired) electrons. The molecule has 0 aromatic rings. The molecule has 0 spiro atoms. The first-order chi connectivity index (χ1) is 2.81. The fourth-order valence-corrected chi connectivity index (χ4v) is 0.0183. The summed E-state index contributed by atoms with van der Waals surface area (Å²) in [6, 6.07) is 0. The van der Waals surface area contributed by atoms with E-state index in [0.29, 0.717) is 5.01 Å². The van der Waals surface area contributed by atoms with Gasteiger partial charge in [-0.25, -0.2) is 0 Å². The van der Waals surface area contributed by atoms with E-state index >= 15 is 0 Å². The van der Waals surface area contributed by atoms with E-state index in [1.165, 1.54) is 13.2 Å². The fraction of sp³-hybridized carbons (Fsp3) is 0.500. The van der Waals surface area contributed by atoms with E-state index in [2.05, 4.69) is 5.29 Å². The molecule has 6 heavy (non-hydrogen) atoms. The lowest BCUT2D eigenvalue weighted by molar-refractivity contribution is 0.503. The van der Waals surface area contributed by atoms with Crippen LogP contribution in [0.4, 0.5) is 0 Å². The average molecular weight is 85.1 g/mol. The van der Waals surface area contributed by atoms with E-state index in [1.807, 2.05) is 0 Å². The Kier molecular flexibility index (Phi) is 1.75. The van der Waals surface area contributed by atoms with Crippen LogP contribution in [0.1, 0.15) is 0 Å². The highest BCUT2D eigenvalue weighted by molar-refractivity contribution is 4.61. The predicted molar refractivity (Wildman–Crippen MR) is 19.2 cm³/mol. The highest BCUT2D eigenvalue weighted by atomic mass is 16.3. The van der Waals surface area contributed by atoms with Crippen molar-refractivity contribution in [3.8, 4) is 6.19 Å². The van der Waals surface area contributed by atoms with Crippen LogP contribution in [0.25, 0.3) is 0 Å². The van der Waals surface area contributed by atoms with Crippen molar-refractivity contribution in [3.05, 3.63) is 4.91 Å². The van der Waals surface area contributed by atoms with Crippen LogP contribution in [-0.2, 0) is 0 Å². The number of hydrogen-bond donors (Lipinski definition) is 0. The molecule has 0 amide bonds. The zero-order valence-electron chi connectivity index (χ0n) is 3.25. The second-order valence-corrected chi connectivity index (χ2v) is 0.705. The molecule has 0 aromatic carbocycles. The molecule has 0 aliphatic rings. The van der Waals surface area contributed by atoms with Gasteiger partial charge in [0.2, 0.25) is 6.19 Å². The maximum absolute atomic E-state index is 9.19. The first-order valence-corrected chi connectivity index (χ1v) is 1.28. The Hall–Kier alpha value is -1.11. The van der Waals surface area contributed by atoms with Crippen LogP contribution in [0.3, 0.4) is 0 Å². The fourth-order valence-electron chi connectivity index (χ4n) is 0.0183. The topological polar surface area (TPSA) is 56.5 Å². The van der Waals surface area contributed by atoms with Crippen LogP contribution < -0.4 is 0 Å². The molecule has 0 saturated heterocycles. The Morgan fingerprint density at radius 2 is 2.50 bits per heavy atom. The molecule has 0 atom stereocenters. The van der Waals surface area contributed by atoms with Gasteiger partial charge in [0.05, 0.1) is 5.29 Å². The lowest BCUT2D eigenvalue weighted by Gasteiger charge is -1.85. The van der Waals surface area contributed by atoms with Crippen molar-refractivity contribution < 1.29 is 0 Å². The zero-order valence-corrected chi connectivity index (χ0v) is 3.25. The van der Waals surface area contributed by atoms with Gasteiger partial charge in [0, 0.05) is 7.05 Å². The minimum Gasteiger partial charge on any atom is -0.171 e. The Bertz CT molecular complexity index is 83.3. The number of nitriles is 1. The van der Waals surface area contributed by atoms with Gasteiger partial charge in [-0.2, -0.15) is 10.3 Å². The Balaban J connectivity index is 3.30. The lowest BCUT2D eigenvalue weighted by atomic mass is 11.1. The summed E-state index contributed by atoms with van der Waals surface area (Å²) < 4.78 is 0. The first kappa shape index (κ1) is 4.89. The average Bonchev–Trinajstić information content (AvgIpc) is 1.65. The molecular weight excluding hydrogens is 82.0 g/mol. The molecule has 0 aliphatic heterocycles. The first-order valence-electron chi connectivity index (χ1n) is 1.28. The third kappa shape index (κ3) is 1.24. The maximum atomic E-state index is 9.19. The van der Waals surface area contributed by atoms with Gasteiger partial charge in [-0.1, -0.05) is 0 Å². The van der Waals surface area contributed by atoms with Crippen molar-refractivity contribution >= 4 is 0 Å². The summed E-state index contributed by atoms with van der Waals surface area (Å²) in [6.07, 6.45) is 1.47. The highest BCUT2D eigenvalue weighted by Crippen LogP contribution is 1.70. The molecule has 4 nitrogen and oxygen atoms in total. The standard InChI is InChI=1S/C2H3N3O/c1-5(2-3)4-6/h1H3. The van der Waals surface area contributed by atoms with Gasteiger partial charge >= 0.3 is 0 Å². The van der Waals surface area contributed by atoms with Gasteiger partial charge in [-0.15, -0.1) is 4.91 Å². The van der Waals surface area contributed by atoms with E-state index in [4.69, 9.17) is 5.26 Å². The van der Waals surface area contributed by atoms with E-state index in [-0.39, 0.29) is 0 Å². The van der Waals surface area contributed by atoms with Gasteiger partial charge < -0.3 is 0 Å². The molecule has 0 fully saturated rings. The summed E-state index contributed by atoms with van der Waals surface area (Å²) in [5, 5.41) is 10.6. The summed E-state index contributed by atoms with van der Waals surface area (Å²) >= 11 is 0. The number of nitroso groups, excluding NO2 is 1.